The van der Waals surface area contributed by atoms with Gasteiger partial charge in [0.1, 0.15) is 11.2 Å². The van der Waals surface area contributed by atoms with Crippen LogP contribution in [-0.2, 0) is 0 Å². The van der Waals surface area contributed by atoms with Crippen LogP contribution in [-0.4, -0.2) is 0 Å². The van der Waals surface area contributed by atoms with Gasteiger partial charge in [0.25, 0.3) is 0 Å². The topological polar surface area (TPSA) is 16.4 Å². The van der Waals surface area contributed by atoms with E-state index < -0.39 is 0 Å². The highest BCUT2D eigenvalue weighted by atomic mass is 16.3. The van der Waals surface area contributed by atoms with Gasteiger partial charge in [-0.2, -0.15) is 0 Å². The van der Waals surface area contributed by atoms with Gasteiger partial charge in [0.2, 0.25) is 0 Å². The van der Waals surface area contributed by atoms with Gasteiger partial charge in [0, 0.05) is 27.8 Å². The van der Waals surface area contributed by atoms with Crippen LogP contribution in [0.25, 0.3) is 110 Å². The van der Waals surface area contributed by atoms with Crippen LogP contribution >= 0.6 is 0 Å². The standard InChI is InChI=1S/C64H41NO/c1-2-14-44(15-3-1)60-40-53(31-33-56(60)51-30-27-42-13-4-5-16-46(42)35-51)65(54-32-34-63-62(41-54)61-37-48-17-6-7-18-49(48)39-64(61)66-63)52-21-12-20-47(36-52)43-25-28-45(29-26-43)59-38-50-19-8-9-22-55(50)57-23-10-11-24-58(57)59/h1-41H. The van der Waals surface area contributed by atoms with Crippen LogP contribution < -0.4 is 4.90 Å². The summed E-state index contributed by atoms with van der Waals surface area (Å²) in [5.41, 5.74) is 14.4. The summed E-state index contributed by atoms with van der Waals surface area (Å²) in [5, 5.41) is 12.1. The predicted octanol–water partition coefficient (Wildman–Crippen LogP) is 18.3. The van der Waals surface area contributed by atoms with E-state index >= 15 is 0 Å². The predicted molar refractivity (Wildman–Crippen MR) is 280 cm³/mol. The van der Waals surface area contributed by atoms with Gasteiger partial charge in [0.15, 0.2) is 0 Å². The van der Waals surface area contributed by atoms with E-state index in [1.54, 1.807) is 0 Å². The Hall–Kier alpha value is -8.72. The minimum atomic E-state index is 0.869. The van der Waals surface area contributed by atoms with Gasteiger partial charge in [-0.3, -0.25) is 0 Å². The first-order valence-electron chi connectivity index (χ1n) is 22.6. The van der Waals surface area contributed by atoms with Gasteiger partial charge in [-0.1, -0.05) is 182 Å². The smallest absolute Gasteiger partial charge is 0.136 e. The van der Waals surface area contributed by atoms with Crippen LogP contribution in [0.2, 0.25) is 0 Å². The second-order valence-corrected chi connectivity index (χ2v) is 17.3. The third kappa shape index (κ3) is 6.50. The van der Waals surface area contributed by atoms with Crippen molar-refractivity contribution in [1.82, 2.24) is 0 Å². The van der Waals surface area contributed by atoms with E-state index in [4.69, 9.17) is 4.42 Å². The molecule has 0 bridgehead atoms. The monoisotopic (exact) mass is 839 g/mol. The van der Waals surface area contributed by atoms with Crippen LogP contribution in [0, 0.1) is 0 Å². The zero-order chi connectivity index (χ0) is 43.6. The molecule has 0 aliphatic heterocycles. The fraction of sp³-hybridized carbons (Fsp3) is 0. The van der Waals surface area contributed by atoms with Crippen molar-refractivity contribution >= 4 is 82.1 Å². The Bertz CT molecular complexity index is 3990. The van der Waals surface area contributed by atoms with Crippen LogP contribution in [0.4, 0.5) is 17.1 Å². The molecule has 0 amide bonds. The van der Waals surface area contributed by atoms with Crippen LogP contribution in [0.3, 0.4) is 0 Å². The molecule has 1 aromatic heterocycles. The highest BCUT2D eigenvalue weighted by Crippen LogP contribution is 2.44. The molecule has 1 heterocycles. The molecule has 66 heavy (non-hydrogen) atoms. The highest BCUT2D eigenvalue weighted by molar-refractivity contribution is 6.14. The third-order valence-electron chi connectivity index (χ3n) is 13.4. The molecule has 2 nitrogen and oxygen atoms in total. The van der Waals surface area contributed by atoms with E-state index in [0.29, 0.717) is 0 Å². The number of benzene rings is 12. The lowest BCUT2D eigenvalue weighted by atomic mass is 9.92. The quantitative estimate of drug-likeness (QED) is 0.149. The summed E-state index contributed by atoms with van der Waals surface area (Å²) in [6, 6.07) is 90.4. The van der Waals surface area contributed by atoms with E-state index in [9.17, 15) is 0 Å². The van der Waals surface area contributed by atoms with Gasteiger partial charge < -0.3 is 9.32 Å². The Balaban J connectivity index is 0.969. The Morgan fingerprint density at radius 1 is 0.227 bits per heavy atom. The average Bonchev–Trinajstić information content (AvgIpc) is 3.74. The highest BCUT2D eigenvalue weighted by Gasteiger charge is 2.20. The maximum Gasteiger partial charge on any atom is 0.136 e. The molecule has 0 aliphatic carbocycles. The number of hydrogen-bond donors (Lipinski definition) is 0. The molecule has 0 radical (unpaired) electrons. The summed E-state index contributed by atoms with van der Waals surface area (Å²) in [7, 11) is 0. The van der Waals surface area contributed by atoms with Gasteiger partial charge in [-0.15, -0.1) is 0 Å². The molecule has 0 aliphatic rings. The number of anilines is 3. The van der Waals surface area contributed by atoms with Gasteiger partial charge in [-0.25, -0.2) is 0 Å². The summed E-state index contributed by atoms with van der Waals surface area (Å²) in [5.74, 6) is 0. The summed E-state index contributed by atoms with van der Waals surface area (Å²) < 4.78 is 6.52. The van der Waals surface area contributed by atoms with Crippen LogP contribution in [0.15, 0.2) is 253 Å². The molecule has 0 fully saturated rings. The SMILES string of the molecule is c1ccc(-c2cc(N(c3cccc(-c4ccc(-c5cc6ccccc6c6ccccc56)cc4)c3)c3ccc4oc5cc6ccccc6cc5c4c3)ccc2-c2ccc3ccccc3c2)cc1. The molecule has 0 unspecified atom stereocenters. The fourth-order valence-corrected chi connectivity index (χ4v) is 10.1. The number of fused-ring (bicyclic) bond motifs is 8. The molecule has 2 heteroatoms. The van der Waals surface area contributed by atoms with Crippen molar-refractivity contribution in [1.29, 1.82) is 0 Å². The lowest BCUT2D eigenvalue weighted by Gasteiger charge is -2.27. The largest absolute Gasteiger partial charge is 0.456 e. The lowest BCUT2D eigenvalue weighted by molar-refractivity contribution is 0.669. The van der Waals surface area contributed by atoms with Gasteiger partial charge in [0.05, 0.1) is 0 Å². The van der Waals surface area contributed by atoms with Crippen molar-refractivity contribution in [2.45, 2.75) is 0 Å². The molecule has 0 saturated heterocycles. The molecular formula is C64H41NO. The summed E-state index contributed by atoms with van der Waals surface area (Å²) >= 11 is 0. The van der Waals surface area contributed by atoms with Crippen molar-refractivity contribution < 1.29 is 4.42 Å². The first-order valence-corrected chi connectivity index (χ1v) is 22.6. The number of furan rings is 1. The molecule has 0 saturated carbocycles. The van der Waals surface area contributed by atoms with Crippen molar-refractivity contribution in [3.05, 3.63) is 249 Å². The minimum Gasteiger partial charge on any atom is -0.456 e. The fourth-order valence-electron chi connectivity index (χ4n) is 10.1. The van der Waals surface area contributed by atoms with E-state index in [-0.39, 0.29) is 0 Å². The second-order valence-electron chi connectivity index (χ2n) is 17.3. The number of hydrogen-bond acceptors (Lipinski definition) is 2. The van der Waals surface area contributed by atoms with E-state index in [1.807, 2.05) is 0 Å². The summed E-state index contributed by atoms with van der Waals surface area (Å²) in [6.07, 6.45) is 0. The summed E-state index contributed by atoms with van der Waals surface area (Å²) in [4.78, 5) is 2.40. The molecule has 12 aromatic carbocycles. The minimum absolute atomic E-state index is 0.869. The first kappa shape index (κ1) is 37.8. The zero-order valence-electron chi connectivity index (χ0n) is 36.0. The van der Waals surface area contributed by atoms with E-state index in [2.05, 4.69) is 254 Å². The Labute approximate surface area is 382 Å². The number of nitrogens with zero attached hydrogens (tertiary/aromatic N) is 1. The second kappa shape index (κ2) is 15.5. The molecule has 13 rings (SSSR count). The van der Waals surface area contributed by atoms with Crippen LogP contribution in [0.1, 0.15) is 0 Å². The van der Waals surface area contributed by atoms with Crippen molar-refractivity contribution in [3.63, 3.8) is 0 Å². The molecule has 0 spiro atoms. The lowest BCUT2D eigenvalue weighted by Crippen LogP contribution is -2.10. The molecular weight excluding hydrogens is 799 g/mol. The molecule has 13 aromatic rings. The molecule has 0 N–H and O–H groups in total. The first-order chi connectivity index (χ1) is 32.7. The molecule has 308 valence electrons. The average molecular weight is 840 g/mol. The normalized spacial score (nSPS) is 11.6. The van der Waals surface area contributed by atoms with E-state index in [0.717, 1.165) is 50.1 Å². The zero-order valence-corrected chi connectivity index (χ0v) is 36.0. The van der Waals surface area contributed by atoms with Crippen LogP contribution in [0.5, 0.6) is 0 Å². The Morgan fingerprint density at radius 3 is 1.62 bits per heavy atom. The Morgan fingerprint density at radius 2 is 0.803 bits per heavy atom. The third-order valence-corrected chi connectivity index (χ3v) is 13.4. The van der Waals surface area contributed by atoms with Crippen molar-refractivity contribution in [2.75, 3.05) is 4.90 Å². The van der Waals surface area contributed by atoms with E-state index in [1.165, 1.54) is 76.5 Å². The summed E-state index contributed by atoms with van der Waals surface area (Å²) in [6.45, 7) is 0. The Kier molecular flexibility index (Phi) is 8.89. The van der Waals surface area contributed by atoms with Gasteiger partial charge >= 0.3 is 0 Å². The van der Waals surface area contributed by atoms with Crippen molar-refractivity contribution in [2.24, 2.45) is 0 Å². The van der Waals surface area contributed by atoms with Crippen molar-refractivity contribution in [3.8, 4) is 44.5 Å². The maximum absolute atomic E-state index is 6.52. The number of rotatable bonds is 7. The molecule has 0 atom stereocenters. The van der Waals surface area contributed by atoms with Gasteiger partial charge in [-0.05, 0) is 154 Å². The maximum atomic E-state index is 6.52.